The molecule has 1 amide bonds. The quantitative estimate of drug-likeness (QED) is 0.760. The van der Waals surface area contributed by atoms with Crippen LogP contribution < -0.4 is 14.8 Å². The molecule has 1 aromatic carbocycles. The third kappa shape index (κ3) is 4.36. The third-order valence-electron chi connectivity index (χ3n) is 4.77. The average Bonchev–Trinajstić information content (AvgIpc) is 3.17. The first-order chi connectivity index (χ1) is 12.7. The summed E-state index contributed by atoms with van der Waals surface area (Å²) in [7, 11) is 1.59. The molecule has 6 heteroatoms. The van der Waals surface area contributed by atoms with Crippen LogP contribution in [0.15, 0.2) is 36.0 Å². The molecule has 140 valence electrons. The number of hydrogen-bond donors (Lipinski definition) is 1. The molecule has 1 heterocycles. The second-order valence-corrected chi connectivity index (χ2v) is 6.64. The second kappa shape index (κ2) is 8.74. The van der Waals surface area contributed by atoms with E-state index >= 15 is 0 Å². The molecular weight excluding hydrogens is 332 g/mol. The summed E-state index contributed by atoms with van der Waals surface area (Å²) in [6, 6.07) is 5.84. The molecule has 1 saturated carbocycles. The Morgan fingerprint density at radius 2 is 2.15 bits per heavy atom. The minimum absolute atomic E-state index is 0.0754. The molecule has 1 aromatic rings. The number of hydrogen-bond acceptors (Lipinski definition) is 5. The fraction of sp³-hybridized carbons (Fsp3) is 0.500. The van der Waals surface area contributed by atoms with E-state index in [2.05, 4.69) is 17.1 Å². The van der Waals surface area contributed by atoms with Gasteiger partial charge in [-0.3, -0.25) is 4.79 Å². The lowest BCUT2D eigenvalue weighted by Crippen LogP contribution is -2.42. The molecule has 1 aliphatic carbocycles. The minimum Gasteiger partial charge on any atom is -0.493 e. The van der Waals surface area contributed by atoms with Crippen LogP contribution in [0, 0.1) is 0 Å². The van der Waals surface area contributed by atoms with Crippen molar-refractivity contribution in [3.8, 4) is 11.5 Å². The van der Waals surface area contributed by atoms with E-state index in [-0.39, 0.29) is 11.9 Å². The van der Waals surface area contributed by atoms with Crippen molar-refractivity contribution in [2.45, 2.75) is 50.7 Å². The Kier molecular flexibility index (Phi) is 6.15. The number of ether oxygens (including phenoxy) is 2. The van der Waals surface area contributed by atoms with Crippen molar-refractivity contribution in [3.63, 3.8) is 0 Å². The van der Waals surface area contributed by atoms with E-state index in [1.807, 2.05) is 18.2 Å². The van der Waals surface area contributed by atoms with Crippen molar-refractivity contribution in [1.29, 1.82) is 0 Å². The molecule has 1 aliphatic heterocycles. The zero-order chi connectivity index (χ0) is 18.4. The van der Waals surface area contributed by atoms with Gasteiger partial charge in [-0.2, -0.15) is 0 Å². The first kappa shape index (κ1) is 18.3. The van der Waals surface area contributed by atoms with Gasteiger partial charge in [-0.1, -0.05) is 37.1 Å². The van der Waals surface area contributed by atoms with Gasteiger partial charge in [-0.05, 0) is 31.0 Å². The number of nitrogens with one attached hydrogen (secondary N) is 1. The fourth-order valence-electron chi connectivity index (χ4n) is 3.34. The largest absolute Gasteiger partial charge is 0.493 e. The third-order valence-corrected chi connectivity index (χ3v) is 4.77. The second-order valence-electron chi connectivity index (χ2n) is 6.64. The lowest BCUT2D eigenvalue weighted by atomic mass is 9.95. The summed E-state index contributed by atoms with van der Waals surface area (Å²) in [5, 5.41) is 7.21. The molecule has 3 rings (SSSR count). The summed E-state index contributed by atoms with van der Waals surface area (Å²) in [4.78, 5) is 17.8. The van der Waals surface area contributed by atoms with Crippen molar-refractivity contribution in [3.05, 3.63) is 36.4 Å². The summed E-state index contributed by atoms with van der Waals surface area (Å²) in [6.07, 6.45) is 7.29. The maximum Gasteiger partial charge on any atom is 0.264 e. The number of benzene rings is 1. The van der Waals surface area contributed by atoms with E-state index in [1.54, 1.807) is 13.2 Å². The normalized spacial score (nSPS) is 20.0. The van der Waals surface area contributed by atoms with E-state index in [9.17, 15) is 4.79 Å². The topological polar surface area (TPSA) is 69.2 Å². The lowest BCUT2D eigenvalue weighted by molar-refractivity contribution is -0.132. The minimum atomic E-state index is -0.561. The Hall–Kier alpha value is -2.50. The molecule has 0 spiro atoms. The van der Waals surface area contributed by atoms with Crippen LogP contribution in [-0.2, 0) is 9.63 Å². The van der Waals surface area contributed by atoms with Crippen molar-refractivity contribution >= 4 is 11.6 Å². The molecule has 0 aromatic heterocycles. The number of carbonyl (C=O) groups is 1. The smallest absolute Gasteiger partial charge is 0.264 e. The number of methoxy groups -OCH3 is 1. The Morgan fingerprint density at radius 1 is 1.35 bits per heavy atom. The van der Waals surface area contributed by atoms with E-state index in [1.165, 1.54) is 19.3 Å². The van der Waals surface area contributed by atoms with Gasteiger partial charge in [0.25, 0.3) is 5.91 Å². The predicted octanol–water partition coefficient (Wildman–Crippen LogP) is 3.20. The highest BCUT2D eigenvalue weighted by Gasteiger charge is 2.30. The van der Waals surface area contributed by atoms with Crippen LogP contribution in [0.4, 0.5) is 0 Å². The standard InChI is InChI=1S/C20H26N2O4/c1-3-11-25-17-10-9-14(12-18(17)24-2)16-13-19(26-22-16)20(23)21-15-7-5-4-6-8-15/h3,9-10,12,15,19H,1,4-8,11,13H2,2H3,(H,21,23). The highest BCUT2D eigenvalue weighted by atomic mass is 16.6. The number of rotatable bonds is 7. The van der Waals surface area contributed by atoms with E-state index in [0.29, 0.717) is 24.5 Å². The SMILES string of the molecule is C=CCOc1ccc(C2=NOC(C(=O)NC3CCCCC3)C2)cc1OC. The van der Waals surface area contributed by atoms with Gasteiger partial charge in [-0.25, -0.2) is 0 Å². The molecule has 1 unspecified atom stereocenters. The number of nitrogens with zero attached hydrogens (tertiary/aromatic N) is 1. The average molecular weight is 358 g/mol. The highest BCUT2D eigenvalue weighted by Crippen LogP contribution is 2.30. The maximum absolute atomic E-state index is 12.4. The number of oxime groups is 1. The Balaban J connectivity index is 1.60. The van der Waals surface area contributed by atoms with Crippen LogP contribution in [-0.4, -0.2) is 37.5 Å². The van der Waals surface area contributed by atoms with Crippen molar-refractivity contribution in [1.82, 2.24) is 5.32 Å². The summed E-state index contributed by atoms with van der Waals surface area (Å²) >= 11 is 0. The summed E-state index contributed by atoms with van der Waals surface area (Å²) in [6.45, 7) is 4.04. The summed E-state index contributed by atoms with van der Waals surface area (Å²) < 4.78 is 10.9. The van der Waals surface area contributed by atoms with Gasteiger partial charge in [0, 0.05) is 18.0 Å². The Labute approximate surface area is 154 Å². The van der Waals surface area contributed by atoms with Gasteiger partial charge < -0.3 is 19.6 Å². The van der Waals surface area contributed by atoms with Crippen LogP contribution in [0.3, 0.4) is 0 Å². The Morgan fingerprint density at radius 3 is 2.88 bits per heavy atom. The van der Waals surface area contributed by atoms with E-state index < -0.39 is 6.10 Å². The maximum atomic E-state index is 12.4. The van der Waals surface area contributed by atoms with Crippen molar-refractivity contribution in [2.24, 2.45) is 5.16 Å². The predicted molar refractivity (Wildman–Crippen MR) is 99.7 cm³/mol. The number of carbonyl (C=O) groups excluding carboxylic acids is 1. The zero-order valence-electron chi connectivity index (χ0n) is 15.2. The molecule has 1 N–H and O–H groups in total. The molecule has 6 nitrogen and oxygen atoms in total. The van der Waals surface area contributed by atoms with Gasteiger partial charge in [-0.15, -0.1) is 0 Å². The van der Waals surface area contributed by atoms with E-state index in [4.69, 9.17) is 14.3 Å². The molecule has 26 heavy (non-hydrogen) atoms. The fourth-order valence-corrected chi connectivity index (χ4v) is 3.34. The van der Waals surface area contributed by atoms with Crippen LogP contribution in [0.1, 0.15) is 44.1 Å². The molecule has 1 atom stereocenters. The zero-order valence-corrected chi connectivity index (χ0v) is 15.2. The van der Waals surface area contributed by atoms with Crippen LogP contribution >= 0.6 is 0 Å². The van der Waals surface area contributed by atoms with Crippen LogP contribution in [0.25, 0.3) is 0 Å². The van der Waals surface area contributed by atoms with Crippen LogP contribution in [0.2, 0.25) is 0 Å². The highest BCUT2D eigenvalue weighted by molar-refractivity contribution is 6.04. The summed E-state index contributed by atoms with van der Waals surface area (Å²) in [5.74, 6) is 1.18. The van der Waals surface area contributed by atoms with Gasteiger partial charge in [0.05, 0.1) is 12.8 Å². The van der Waals surface area contributed by atoms with Gasteiger partial charge in [0.2, 0.25) is 6.10 Å². The first-order valence-electron chi connectivity index (χ1n) is 9.16. The number of amides is 1. The van der Waals surface area contributed by atoms with Gasteiger partial charge in [0.1, 0.15) is 6.61 Å². The molecular formula is C20H26N2O4. The van der Waals surface area contributed by atoms with Crippen molar-refractivity contribution < 1.29 is 19.1 Å². The van der Waals surface area contributed by atoms with Gasteiger partial charge >= 0.3 is 0 Å². The van der Waals surface area contributed by atoms with Crippen molar-refractivity contribution in [2.75, 3.05) is 13.7 Å². The van der Waals surface area contributed by atoms with Crippen LogP contribution in [0.5, 0.6) is 11.5 Å². The first-order valence-corrected chi connectivity index (χ1v) is 9.16. The monoisotopic (exact) mass is 358 g/mol. The molecule has 0 bridgehead atoms. The Bertz CT molecular complexity index is 680. The van der Waals surface area contributed by atoms with Gasteiger partial charge in [0.15, 0.2) is 11.5 Å². The summed E-state index contributed by atoms with van der Waals surface area (Å²) in [5.41, 5.74) is 1.60. The lowest BCUT2D eigenvalue weighted by Gasteiger charge is -2.23. The molecule has 2 aliphatic rings. The molecule has 0 saturated heterocycles. The van der Waals surface area contributed by atoms with E-state index in [0.717, 1.165) is 24.1 Å². The molecule has 0 radical (unpaired) electrons. The molecule has 1 fully saturated rings.